The highest BCUT2D eigenvalue weighted by Gasteiger charge is 2.10. The molecule has 1 unspecified atom stereocenters. The fourth-order valence-corrected chi connectivity index (χ4v) is 1.43. The number of methoxy groups -OCH3 is 1. The predicted octanol–water partition coefficient (Wildman–Crippen LogP) is 2.66. The summed E-state index contributed by atoms with van der Waals surface area (Å²) in [6.45, 7) is 3.51. The molecule has 1 aromatic carbocycles. The van der Waals surface area contributed by atoms with Crippen LogP contribution in [0.5, 0.6) is 5.75 Å². The molecule has 0 radical (unpaired) electrons. The van der Waals surface area contributed by atoms with Crippen molar-refractivity contribution in [1.82, 2.24) is 0 Å². The lowest BCUT2D eigenvalue weighted by atomic mass is 10.2. The lowest BCUT2D eigenvalue weighted by Crippen LogP contribution is -1.87. The van der Waals surface area contributed by atoms with Crippen molar-refractivity contribution in [1.29, 1.82) is 0 Å². The van der Waals surface area contributed by atoms with E-state index in [2.05, 4.69) is 6.58 Å². The first-order chi connectivity index (χ1) is 7.24. The van der Waals surface area contributed by atoms with E-state index in [9.17, 15) is 5.11 Å². The van der Waals surface area contributed by atoms with E-state index < -0.39 is 6.10 Å². The normalized spacial score (nSPS) is 12.7. The van der Waals surface area contributed by atoms with Crippen LogP contribution in [0.3, 0.4) is 0 Å². The lowest BCUT2D eigenvalue weighted by molar-refractivity contribution is 0.200. The van der Waals surface area contributed by atoms with Gasteiger partial charge in [-0.3, -0.25) is 0 Å². The summed E-state index contributed by atoms with van der Waals surface area (Å²) in [6.07, 6.45) is 0.665. The van der Waals surface area contributed by atoms with Gasteiger partial charge in [-0.15, -0.1) is 6.58 Å². The summed E-state index contributed by atoms with van der Waals surface area (Å²) in [4.78, 5) is 0. The molecule has 0 bridgehead atoms. The monoisotopic (exact) mass is 204 g/mol. The Bertz CT molecular complexity index is 485. The molecule has 0 spiro atoms. The minimum absolute atomic E-state index is 0.494. The molecule has 0 amide bonds. The number of hydrogen-bond acceptors (Lipinski definition) is 3. The van der Waals surface area contributed by atoms with Crippen molar-refractivity contribution in [3.05, 3.63) is 42.7 Å². The van der Waals surface area contributed by atoms with Crippen LogP contribution < -0.4 is 4.74 Å². The van der Waals surface area contributed by atoms with Crippen LogP contribution in [0, 0.1) is 0 Å². The number of aliphatic hydroxyl groups is 1. The van der Waals surface area contributed by atoms with E-state index in [1.54, 1.807) is 13.2 Å². The van der Waals surface area contributed by atoms with E-state index in [-0.39, 0.29) is 0 Å². The first-order valence-corrected chi connectivity index (χ1v) is 4.62. The van der Waals surface area contributed by atoms with Crippen LogP contribution in [0.4, 0.5) is 0 Å². The predicted molar refractivity (Wildman–Crippen MR) is 57.9 cm³/mol. The third kappa shape index (κ3) is 1.74. The zero-order valence-electron chi connectivity index (χ0n) is 8.43. The molecule has 0 saturated heterocycles. The number of ether oxygens (including phenoxy) is 1. The average Bonchev–Trinajstić information content (AvgIpc) is 2.70. The van der Waals surface area contributed by atoms with Crippen molar-refractivity contribution < 1.29 is 14.3 Å². The van der Waals surface area contributed by atoms with Crippen molar-refractivity contribution >= 4 is 11.0 Å². The zero-order valence-corrected chi connectivity index (χ0v) is 8.43. The maximum atomic E-state index is 9.51. The lowest BCUT2D eigenvalue weighted by Gasteiger charge is -1.97. The first-order valence-electron chi connectivity index (χ1n) is 4.62. The van der Waals surface area contributed by atoms with E-state index in [1.807, 2.05) is 18.2 Å². The number of aliphatic hydroxyl groups excluding tert-OH is 1. The van der Waals surface area contributed by atoms with Crippen LogP contribution in [0.25, 0.3) is 11.0 Å². The highest BCUT2D eigenvalue weighted by molar-refractivity contribution is 5.79. The number of furan rings is 1. The molecule has 3 heteroatoms. The summed E-state index contributed by atoms with van der Waals surface area (Å²) in [5, 5.41) is 10.4. The minimum atomic E-state index is -0.761. The molecule has 0 saturated carbocycles. The molecule has 1 N–H and O–H groups in total. The molecule has 0 aliphatic carbocycles. The third-order valence-corrected chi connectivity index (χ3v) is 2.26. The zero-order chi connectivity index (χ0) is 10.8. The Morgan fingerprint density at radius 2 is 2.27 bits per heavy atom. The molecule has 2 aromatic rings. The van der Waals surface area contributed by atoms with E-state index in [0.717, 1.165) is 16.7 Å². The first kappa shape index (κ1) is 9.80. The van der Waals surface area contributed by atoms with Crippen LogP contribution in [0.1, 0.15) is 11.9 Å². The topological polar surface area (TPSA) is 42.6 Å². The second kappa shape index (κ2) is 3.79. The Morgan fingerprint density at radius 1 is 1.47 bits per heavy atom. The Kier molecular flexibility index (Phi) is 2.47. The van der Waals surface area contributed by atoms with Crippen molar-refractivity contribution in [2.24, 2.45) is 0 Å². The molecular formula is C12H12O3. The quantitative estimate of drug-likeness (QED) is 0.781. The molecule has 15 heavy (non-hydrogen) atoms. The van der Waals surface area contributed by atoms with E-state index in [4.69, 9.17) is 9.15 Å². The van der Waals surface area contributed by atoms with Crippen LogP contribution in [-0.4, -0.2) is 12.2 Å². The van der Waals surface area contributed by atoms with Gasteiger partial charge in [0.1, 0.15) is 23.2 Å². The van der Waals surface area contributed by atoms with E-state index >= 15 is 0 Å². The standard InChI is InChI=1S/C12H12O3/c1-3-10(13)12-7-8-6-9(14-2)4-5-11(8)15-12/h3-7,10,13H,1H2,2H3. The maximum absolute atomic E-state index is 9.51. The van der Waals surface area contributed by atoms with E-state index in [0.29, 0.717) is 5.76 Å². The molecule has 1 atom stereocenters. The van der Waals surface area contributed by atoms with Gasteiger partial charge in [0.05, 0.1) is 7.11 Å². The Balaban J connectivity index is 2.50. The van der Waals surface area contributed by atoms with Gasteiger partial charge < -0.3 is 14.3 Å². The van der Waals surface area contributed by atoms with Gasteiger partial charge in [0.2, 0.25) is 0 Å². The van der Waals surface area contributed by atoms with Crippen LogP contribution in [0.2, 0.25) is 0 Å². The SMILES string of the molecule is C=CC(O)c1cc2cc(OC)ccc2o1. The second-order valence-corrected chi connectivity index (χ2v) is 3.23. The second-order valence-electron chi connectivity index (χ2n) is 3.23. The van der Waals surface area contributed by atoms with Gasteiger partial charge in [0, 0.05) is 5.39 Å². The van der Waals surface area contributed by atoms with E-state index in [1.165, 1.54) is 6.08 Å². The largest absolute Gasteiger partial charge is 0.497 e. The summed E-state index contributed by atoms with van der Waals surface area (Å²) in [5.41, 5.74) is 0.728. The Labute approximate surface area is 87.6 Å². The van der Waals surface area contributed by atoms with Crippen LogP contribution >= 0.6 is 0 Å². The molecule has 2 rings (SSSR count). The van der Waals surface area contributed by atoms with Crippen molar-refractivity contribution in [3.63, 3.8) is 0 Å². The van der Waals surface area contributed by atoms with Gasteiger partial charge in [0.15, 0.2) is 0 Å². The van der Waals surface area contributed by atoms with Crippen LogP contribution in [0.15, 0.2) is 41.3 Å². The summed E-state index contributed by atoms with van der Waals surface area (Å²) >= 11 is 0. The molecular weight excluding hydrogens is 192 g/mol. The summed E-state index contributed by atoms with van der Waals surface area (Å²) in [5.74, 6) is 1.26. The summed E-state index contributed by atoms with van der Waals surface area (Å²) in [6, 6.07) is 7.27. The van der Waals surface area contributed by atoms with Gasteiger partial charge >= 0.3 is 0 Å². The third-order valence-electron chi connectivity index (χ3n) is 2.26. The molecule has 0 fully saturated rings. The average molecular weight is 204 g/mol. The van der Waals surface area contributed by atoms with Crippen molar-refractivity contribution in [2.45, 2.75) is 6.10 Å². The molecule has 1 aromatic heterocycles. The smallest absolute Gasteiger partial charge is 0.137 e. The van der Waals surface area contributed by atoms with Gasteiger partial charge in [-0.05, 0) is 24.3 Å². The van der Waals surface area contributed by atoms with Gasteiger partial charge in [0.25, 0.3) is 0 Å². The maximum Gasteiger partial charge on any atom is 0.137 e. The van der Waals surface area contributed by atoms with Crippen LogP contribution in [-0.2, 0) is 0 Å². The molecule has 0 aliphatic rings. The number of fused-ring (bicyclic) bond motifs is 1. The summed E-state index contributed by atoms with van der Waals surface area (Å²) in [7, 11) is 1.61. The number of hydrogen-bond donors (Lipinski definition) is 1. The Hall–Kier alpha value is -1.74. The molecule has 3 nitrogen and oxygen atoms in total. The molecule has 0 aliphatic heterocycles. The van der Waals surface area contributed by atoms with Gasteiger partial charge in [-0.1, -0.05) is 6.08 Å². The van der Waals surface area contributed by atoms with Crippen molar-refractivity contribution in [2.75, 3.05) is 7.11 Å². The fourth-order valence-electron chi connectivity index (χ4n) is 1.43. The number of rotatable bonds is 3. The number of benzene rings is 1. The highest BCUT2D eigenvalue weighted by Crippen LogP contribution is 2.27. The van der Waals surface area contributed by atoms with Gasteiger partial charge in [-0.25, -0.2) is 0 Å². The highest BCUT2D eigenvalue weighted by atomic mass is 16.5. The molecule has 78 valence electrons. The Morgan fingerprint density at radius 3 is 2.93 bits per heavy atom. The summed E-state index contributed by atoms with van der Waals surface area (Å²) < 4.78 is 10.5. The fraction of sp³-hybridized carbons (Fsp3) is 0.167. The minimum Gasteiger partial charge on any atom is -0.497 e. The molecule has 1 heterocycles. The van der Waals surface area contributed by atoms with Gasteiger partial charge in [-0.2, -0.15) is 0 Å². The van der Waals surface area contributed by atoms with Crippen molar-refractivity contribution in [3.8, 4) is 5.75 Å².